The zero-order chi connectivity index (χ0) is 20.7. The van der Waals surface area contributed by atoms with E-state index in [0.29, 0.717) is 10.9 Å². The van der Waals surface area contributed by atoms with Crippen LogP contribution in [0.15, 0.2) is 10.5 Å². The second-order valence-electron chi connectivity index (χ2n) is 6.21. The average molecular weight is 472 g/mol. The molecule has 148 valence electrons. The predicted octanol–water partition coefficient (Wildman–Crippen LogP) is 3.86. The summed E-state index contributed by atoms with van der Waals surface area (Å²) in [5, 5.41) is 7.37. The van der Waals surface area contributed by atoms with Crippen LogP contribution in [0, 0.1) is 20.8 Å². The highest BCUT2D eigenvalue weighted by atomic mass is 79.9. The molecule has 0 atom stereocenters. The summed E-state index contributed by atoms with van der Waals surface area (Å²) in [4.78, 5) is 28.6. The van der Waals surface area contributed by atoms with E-state index in [2.05, 4.69) is 31.3 Å². The fraction of sp³-hybridized carbons (Fsp3) is 0.294. The largest absolute Gasteiger partial charge is 0.365 e. The van der Waals surface area contributed by atoms with Crippen molar-refractivity contribution in [2.75, 3.05) is 5.32 Å². The fourth-order valence-electron chi connectivity index (χ4n) is 2.86. The van der Waals surface area contributed by atoms with E-state index in [4.69, 9.17) is 5.73 Å². The third kappa shape index (κ3) is 3.63. The van der Waals surface area contributed by atoms with Gasteiger partial charge in [-0.15, -0.1) is 11.3 Å². The van der Waals surface area contributed by atoms with Gasteiger partial charge >= 0.3 is 0 Å². The number of carbonyl (C=O) groups excluding carboxylic acids is 2. The number of aryl methyl sites for hydroxylation is 2. The number of pyridine rings is 1. The first kappa shape index (κ1) is 20.3. The number of nitrogens with zero attached hydrogens (tertiary/aromatic N) is 3. The van der Waals surface area contributed by atoms with E-state index >= 15 is 0 Å². The summed E-state index contributed by atoms with van der Waals surface area (Å²) in [5.74, 6) is -1.21. The Bertz CT molecular complexity index is 1110. The van der Waals surface area contributed by atoms with Crippen LogP contribution in [-0.2, 0) is 11.3 Å². The van der Waals surface area contributed by atoms with Gasteiger partial charge in [0, 0.05) is 5.39 Å². The minimum atomic E-state index is -2.75. The molecule has 11 heteroatoms. The average Bonchev–Trinajstić information content (AvgIpc) is 3.08. The van der Waals surface area contributed by atoms with Gasteiger partial charge in [-0.3, -0.25) is 14.3 Å². The lowest BCUT2D eigenvalue weighted by Crippen LogP contribution is -2.22. The maximum atomic E-state index is 13.0. The number of hydrogen-bond acceptors (Lipinski definition) is 5. The standard InChI is InChI=1S/C17H16BrF2N5O2S/c1-6-4-9(15(19)20)22-17-11(6)13(14(28-17)16(21)27)23-10(26)5-25-8(3)12(18)7(2)24-25/h4,15H,5H2,1-3H3,(H2,21,27)(H,23,26). The van der Waals surface area contributed by atoms with Crippen molar-refractivity contribution in [2.45, 2.75) is 33.7 Å². The molecule has 2 amide bonds. The van der Waals surface area contributed by atoms with Gasteiger partial charge in [0.15, 0.2) is 0 Å². The number of carbonyl (C=O) groups is 2. The number of alkyl halides is 2. The fourth-order valence-corrected chi connectivity index (χ4v) is 4.21. The topological polar surface area (TPSA) is 103 Å². The lowest BCUT2D eigenvalue weighted by atomic mass is 10.1. The quantitative estimate of drug-likeness (QED) is 0.589. The minimum absolute atomic E-state index is 0.0555. The molecule has 3 heterocycles. The molecule has 0 saturated carbocycles. The van der Waals surface area contributed by atoms with Crippen molar-refractivity contribution < 1.29 is 18.4 Å². The van der Waals surface area contributed by atoms with Crippen molar-refractivity contribution in [1.29, 1.82) is 0 Å². The van der Waals surface area contributed by atoms with Crippen molar-refractivity contribution >= 4 is 55.0 Å². The Hall–Kier alpha value is -2.40. The molecule has 3 N–H and O–H groups in total. The molecule has 3 rings (SSSR count). The SMILES string of the molecule is Cc1nn(CC(=O)Nc2c(C(N)=O)sc3nc(C(F)F)cc(C)c23)c(C)c1Br. The van der Waals surface area contributed by atoms with E-state index in [0.717, 1.165) is 27.2 Å². The van der Waals surface area contributed by atoms with E-state index in [-0.39, 0.29) is 21.9 Å². The number of primary amides is 1. The Labute approximate surface area is 171 Å². The van der Waals surface area contributed by atoms with Crippen LogP contribution in [-0.4, -0.2) is 26.6 Å². The molecule has 0 saturated heterocycles. The van der Waals surface area contributed by atoms with Gasteiger partial charge in [-0.25, -0.2) is 13.8 Å². The van der Waals surface area contributed by atoms with E-state index in [1.807, 2.05) is 6.92 Å². The maximum absolute atomic E-state index is 13.0. The molecule has 0 unspecified atom stereocenters. The molecule has 0 fully saturated rings. The zero-order valence-corrected chi connectivity index (χ0v) is 17.5. The van der Waals surface area contributed by atoms with E-state index in [1.165, 1.54) is 10.7 Å². The summed E-state index contributed by atoms with van der Waals surface area (Å²) in [7, 11) is 0. The number of hydrogen-bond donors (Lipinski definition) is 2. The summed E-state index contributed by atoms with van der Waals surface area (Å²) < 4.78 is 28.4. The number of rotatable bonds is 5. The third-order valence-electron chi connectivity index (χ3n) is 4.18. The number of aromatic nitrogens is 3. The van der Waals surface area contributed by atoms with E-state index < -0.39 is 23.9 Å². The number of amides is 2. The molecule has 0 aliphatic carbocycles. The second kappa shape index (κ2) is 7.55. The zero-order valence-electron chi connectivity index (χ0n) is 15.1. The van der Waals surface area contributed by atoms with Crippen molar-refractivity contribution in [3.8, 4) is 0 Å². The van der Waals surface area contributed by atoms with E-state index in [9.17, 15) is 18.4 Å². The normalized spacial score (nSPS) is 11.4. The van der Waals surface area contributed by atoms with Gasteiger partial charge in [-0.05, 0) is 48.3 Å². The highest BCUT2D eigenvalue weighted by Crippen LogP contribution is 2.38. The van der Waals surface area contributed by atoms with Crippen molar-refractivity contribution in [1.82, 2.24) is 14.8 Å². The monoisotopic (exact) mass is 471 g/mol. The Kier molecular flexibility index (Phi) is 5.48. The lowest BCUT2D eigenvalue weighted by Gasteiger charge is -2.09. The molecule has 0 bridgehead atoms. The van der Waals surface area contributed by atoms with Crippen LogP contribution < -0.4 is 11.1 Å². The van der Waals surface area contributed by atoms with Crippen molar-refractivity contribution in [3.05, 3.63) is 38.1 Å². The first-order valence-electron chi connectivity index (χ1n) is 8.11. The first-order chi connectivity index (χ1) is 13.1. The predicted molar refractivity (Wildman–Crippen MR) is 106 cm³/mol. The highest BCUT2D eigenvalue weighted by molar-refractivity contribution is 9.10. The van der Waals surface area contributed by atoms with Gasteiger partial charge in [-0.2, -0.15) is 5.10 Å². The molecular weight excluding hydrogens is 456 g/mol. The van der Waals surface area contributed by atoms with Crippen LogP contribution in [0.1, 0.15) is 38.7 Å². The number of anilines is 1. The molecule has 3 aromatic rings. The molecule has 7 nitrogen and oxygen atoms in total. The van der Waals surface area contributed by atoms with Crippen molar-refractivity contribution in [3.63, 3.8) is 0 Å². The van der Waals surface area contributed by atoms with Gasteiger partial charge in [0.2, 0.25) is 5.91 Å². The van der Waals surface area contributed by atoms with E-state index in [1.54, 1.807) is 13.8 Å². The second-order valence-corrected chi connectivity index (χ2v) is 8.00. The highest BCUT2D eigenvalue weighted by Gasteiger charge is 2.23. The molecule has 3 aromatic heterocycles. The van der Waals surface area contributed by atoms with Gasteiger partial charge < -0.3 is 11.1 Å². The van der Waals surface area contributed by atoms with Gasteiger partial charge in [0.1, 0.15) is 21.9 Å². The van der Waals surface area contributed by atoms with Crippen LogP contribution in [0.4, 0.5) is 14.5 Å². The van der Waals surface area contributed by atoms with Gasteiger partial charge in [0.05, 0.1) is 21.5 Å². The molecular formula is C17H16BrF2N5O2S. The summed E-state index contributed by atoms with van der Waals surface area (Å²) >= 11 is 4.27. The van der Waals surface area contributed by atoms with Gasteiger partial charge in [-0.1, -0.05) is 0 Å². The summed E-state index contributed by atoms with van der Waals surface area (Å²) in [6, 6.07) is 1.23. The van der Waals surface area contributed by atoms with Crippen LogP contribution >= 0.6 is 27.3 Å². The van der Waals surface area contributed by atoms with Gasteiger partial charge in [0.25, 0.3) is 12.3 Å². The summed E-state index contributed by atoms with van der Waals surface area (Å²) in [6.45, 7) is 5.14. The third-order valence-corrected chi connectivity index (χ3v) is 6.42. The Balaban J connectivity index is 2.01. The molecule has 0 aliphatic heterocycles. The maximum Gasteiger partial charge on any atom is 0.280 e. The van der Waals surface area contributed by atoms with Crippen LogP contribution in [0.2, 0.25) is 0 Å². The van der Waals surface area contributed by atoms with Crippen LogP contribution in [0.3, 0.4) is 0 Å². The Morgan fingerprint density at radius 2 is 2.04 bits per heavy atom. The molecule has 0 aliphatic rings. The number of nitrogens with one attached hydrogen (secondary N) is 1. The van der Waals surface area contributed by atoms with Crippen molar-refractivity contribution in [2.24, 2.45) is 5.73 Å². The number of fused-ring (bicyclic) bond motifs is 1. The lowest BCUT2D eigenvalue weighted by molar-refractivity contribution is -0.116. The first-order valence-corrected chi connectivity index (χ1v) is 9.72. The Morgan fingerprint density at radius 1 is 1.36 bits per heavy atom. The summed E-state index contributed by atoms with van der Waals surface area (Å²) in [6.07, 6.45) is -2.75. The molecule has 28 heavy (non-hydrogen) atoms. The number of thiophene rings is 1. The smallest absolute Gasteiger partial charge is 0.280 e. The Morgan fingerprint density at radius 3 is 2.57 bits per heavy atom. The van der Waals surface area contributed by atoms with Crippen LogP contribution in [0.25, 0.3) is 10.2 Å². The molecule has 0 aromatic carbocycles. The minimum Gasteiger partial charge on any atom is -0.365 e. The number of nitrogens with two attached hydrogens (primary N) is 1. The number of halogens is 3. The molecule has 0 radical (unpaired) electrons. The van der Waals surface area contributed by atoms with Crippen LogP contribution in [0.5, 0.6) is 0 Å². The molecule has 0 spiro atoms. The summed E-state index contributed by atoms with van der Waals surface area (Å²) in [5.41, 5.74) is 7.19.